The topological polar surface area (TPSA) is 90.4 Å². The van der Waals surface area contributed by atoms with Crippen LogP contribution in [0.3, 0.4) is 0 Å². The van der Waals surface area contributed by atoms with Crippen LogP contribution in [0.15, 0.2) is 24.5 Å². The van der Waals surface area contributed by atoms with E-state index < -0.39 is 34.5 Å². The summed E-state index contributed by atoms with van der Waals surface area (Å²) in [4.78, 5) is 43.4. The van der Waals surface area contributed by atoms with E-state index in [0.29, 0.717) is 19.3 Å². The molecule has 6 nitrogen and oxygen atoms in total. The van der Waals surface area contributed by atoms with Gasteiger partial charge in [-0.3, -0.25) is 14.6 Å². The summed E-state index contributed by atoms with van der Waals surface area (Å²) >= 11 is 0. The fourth-order valence-corrected chi connectivity index (χ4v) is 3.84. The van der Waals surface area contributed by atoms with Crippen LogP contribution in [0, 0.1) is 5.41 Å². The number of hydrogen-bond acceptors (Lipinski definition) is 5. The molecule has 2 heterocycles. The Bertz CT molecular complexity index is 686. The molecule has 0 aliphatic carbocycles. The molecule has 1 aromatic heterocycles. The molecular weight excluding hydrogens is 332 g/mol. The maximum atomic E-state index is 13.0. The van der Waals surface area contributed by atoms with Crippen molar-refractivity contribution in [3.8, 4) is 0 Å². The normalized spacial score (nSPS) is 21.5. The molecule has 0 spiro atoms. The minimum absolute atomic E-state index is 0.245. The second-order valence-electron chi connectivity index (χ2n) is 7.59. The van der Waals surface area contributed by atoms with Gasteiger partial charge in [-0.05, 0) is 37.3 Å². The number of hydrogen-bond donors (Lipinski definition) is 0. The molecule has 0 bridgehead atoms. The number of likely N-dealkylation sites (tertiary alicyclic amines) is 1. The molecule has 0 aromatic carbocycles. The molecule has 26 heavy (non-hydrogen) atoms. The molecule has 1 fully saturated rings. The first-order chi connectivity index (χ1) is 12.2. The smallest absolute Gasteiger partial charge is 0.291 e. The predicted octanol–water partition coefficient (Wildman–Crippen LogP) is 1.69. The summed E-state index contributed by atoms with van der Waals surface area (Å²) in [7, 11) is 0. The minimum Gasteiger partial charge on any atom is -0.548 e. The number of carboxylic acids is 1. The summed E-state index contributed by atoms with van der Waals surface area (Å²) in [5.74, 6) is -3.05. The fourth-order valence-electron chi connectivity index (χ4n) is 3.84. The molecule has 1 saturated heterocycles. The zero-order chi connectivity index (χ0) is 19.5. The van der Waals surface area contributed by atoms with E-state index in [1.54, 1.807) is 32.3 Å². The molecule has 1 aliphatic heterocycles. The van der Waals surface area contributed by atoms with Crippen LogP contribution in [0.25, 0.3) is 0 Å². The van der Waals surface area contributed by atoms with Crippen LogP contribution in [0.5, 0.6) is 0 Å². The number of aliphatic carboxylic acids is 1. The highest BCUT2D eigenvalue weighted by Crippen LogP contribution is 2.43. The second-order valence-corrected chi connectivity index (χ2v) is 7.59. The molecule has 2 atom stereocenters. The molecule has 1 aliphatic rings. The largest absolute Gasteiger partial charge is 0.548 e. The van der Waals surface area contributed by atoms with Gasteiger partial charge in [-0.1, -0.05) is 33.8 Å². The highest BCUT2D eigenvalue weighted by atomic mass is 16.4. The lowest BCUT2D eigenvalue weighted by molar-refractivity contribution is -0.319. The first kappa shape index (κ1) is 20.1. The fraction of sp³-hybridized carbons (Fsp3) is 0.600. The van der Waals surface area contributed by atoms with Gasteiger partial charge >= 0.3 is 0 Å². The SMILES string of the molecule is CCC(c1cccnc1)C1(C(=O)[O-])CCCN1C(=O)C(=O)C(C)(C)CC. The standard InChI is InChI=1S/C20H28N2O4/c1-5-15(14-9-7-11-21-13-14)20(18(25)26)10-8-12-22(20)17(24)16(23)19(3,4)6-2/h7,9,11,13,15H,5-6,8,10,12H2,1-4H3,(H,25,26)/p-1. The van der Waals surface area contributed by atoms with Crippen molar-refractivity contribution in [2.45, 2.75) is 64.8 Å². The Morgan fingerprint density at radius 2 is 2.04 bits per heavy atom. The number of nitrogens with zero attached hydrogens (tertiary/aromatic N) is 2. The van der Waals surface area contributed by atoms with E-state index in [-0.39, 0.29) is 13.0 Å². The zero-order valence-electron chi connectivity index (χ0n) is 15.9. The number of amides is 1. The Labute approximate surface area is 154 Å². The van der Waals surface area contributed by atoms with Crippen LogP contribution in [0.2, 0.25) is 0 Å². The van der Waals surface area contributed by atoms with Gasteiger partial charge in [0, 0.05) is 30.3 Å². The molecule has 0 radical (unpaired) electrons. The highest BCUT2D eigenvalue weighted by Gasteiger charge is 2.52. The van der Waals surface area contributed by atoms with Crippen LogP contribution < -0.4 is 5.11 Å². The molecule has 0 N–H and O–H groups in total. The van der Waals surface area contributed by atoms with Gasteiger partial charge in [0.2, 0.25) is 5.78 Å². The molecule has 1 amide bonds. The van der Waals surface area contributed by atoms with Crippen LogP contribution >= 0.6 is 0 Å². The van der Waals surface area contributed by atoms with Gasteiger partial charge in [0.05, 0.1) is 11.5 Å². The van der Waals surface area contributed by atoms with E-state index in [9.17, 15) is 19.5 Å². The predicted molar refractivity (Wildman–Crippen MR) is 95.0 cm³/mol. The number of pyridine rings is 1. The van der Waals surface area contributed by atoms with Crippen molar-refractivity contribution in [3.63, 3.8) is 0 Å². The number of carboxylic acid groups (broad SMARTS) is 1. The molecule has 0 saturated carbocycles. The van der Waals surface area contributed by atoms with Gasteiger partial charge in [-0.2, -0.15) is 0 Å². The van der Waals surface area contributed by atoms with Gasteiger partial charge in [0.1, 0.15) is 0 Å². The van der Waals surface area contributed by atoms with Crippen molar-refractivity contribution in [2.24, 2.45) is 5.41 Å². The van der Waals surface area contributed by atoms with Crippen molar-refractivity contribution in [2.75, 3.05) is 6.54 Å². The first-order valence-electron chi connectivity index (χ1n) is 9.20. The average molecular weight is 359 g/mol. The van der Waals surface area contributed by atoms with Gasteiger partial charge in [0.15, 0.2) is 0 Å². The summed E-state index contributed by atoms with van der Waals surface area (Å²) in [6.45, 7) is 7.38. The number of Topliss-reactive ketones (excluding diaryl/α,β-unsaturated/α-hetero) is 1. The number of carbonyl (C=O) groups is 3. The number of rotatable bonds is 7. The van der Waals surface area contributed by atoms with Gasteiger partial charge in [-0.25, -0.2) is 0 Å². The van der Waals surface area contributed by atoms with Crippen molar-refractivity contribution in [3.05, 3.63) is 30.1 Å². The first-order valence-corrected chi connectivity index (χ1v) is 9.20. The maximum Gasteiger partial charge on any atom is 0.291 e. The highest BCUT2D eigenvalue weighted by molar-refractivity contribution is 6.38. The Morgan fingerprint density at radius 3 is 2.54 bits per heavy atom. The monoisotopic (exact) mass is 359 g/mol. The third-order valence-corrected chi connectivity index (χ3v) is 5.78. The summed E-state index contributed by atoms with van der Waals surface area (Å²) < 4.78 is 0. The van der Waals surface area contributed by atoms with Crippen molar-refractivity contribution < 1.29 is 19.5 Å². The third-order valence-electron chi connectivity index (χ3n) is 5.78. The summed E-state index contributed by atoms with van der Waals surface area (Å²) in [5.41, 5.74) is -1.61. The molecule has 142 valence electrons. The summed E-state index contributed by atoms with van der Waals surface area (Å²) in [6.07, 6.45) is 5.04. The van der Waals surface area contributed by atoms with E-state index in [1.165, 1.54) is 4.90 Å². The van der Waals surface area contributed by atoms with Crippen LogP contribution in [-0.2, 0) is 14.4 Å². The molecule has 6 heteroatoms. The average Bonchev–Trinajstić information content (AvgIpc) is 3.08. The van der Waals surface area contributed by atoms with E-state index in [2.05, 4.69) is 4.98 Å². The Hall–Kier alpha value is -2.24. The van der Waals surface area contributed by atoms with Crippen LogP contribution in [-0.4, -0.2) is 39.6 Å². The third kappa shape index (κ3) is 3.24. The lowest BCUT2D eigenvalue weighted by atomic mass is 9.75. The maximum absolute atomic E-state index is 13.0. The van der Waals surface area contributed by atoms with E-state index >= 15 is 0 Å². The van der Waals surface area contributed by atoms with Crippen molar-refractivity contribution >= 4 is 17.7 Å². The van der Waals surface area contributed by atoms with Gasteiger partial charge in [0.25, 0.3) is 5.91 Å². The Balaban J connectivity index is 2.51. The number of aromatic nitrogens is 1. The molecule has 2 rings (SSSR count). The minimum atomic E-state index is -1.52. The van der Waals surface area contributed by atoms with E-state index in [1.807, 2.05) is 19.9 Å². The Morgan fingerprint density at radius 1 is 1.35 bits per heavy atom. The van der Waals surface area contributed by atoms with E-state index in [0.717, 1.165) is 5.56 Å². The summed E-state index contributed by atoms with van der Waals surface area (Å²) in [5, 5.41) is 12.3. The quantitative estimate of drug-likeness (QED) is 0.691. The van der Waals surface area contributed by atoms with Crippen LogP contribution in [0.4, 0.5) is 0 Å². The number of ketones is 1. The molecule has 2 unspecified atom stereocenters. The Kier molecular flexibility index (Phi) is 5.84. The second kappa shape index (κ2) is 7.56. The van der Waals surface area contributed by atoms with E-state index in [4.69, 9.17) is 0 Å². The zero-order valence-corrected chi connectivity index (χ0v) is 15.9. The van der Waals surface area contributed by atoms with Gasteiger partial charge in [-0.15, -0.1) is 0 Å². The number of carbonyl (C=O) groups excluding carboxylic acids is 3. The van der Waals surface area contributed by atoms with Crippen molar-refractivity contribution in [1.29, 1.82) is 0 Å². The molecular formula is C20H27N2O4-. The lowest BCUT2D eigenvalue weighted by Crippen LogP contribution is -2.63. The van der Waals surface area contributed by atoms with Crippen LogP contribution in [0.1, 0.15) is 64.9 Å². The molecule has 1 aromatic rings. The lowest BCUT2D eigenvalue weighted by Gasteiger charge is -2.45. The summed E-state index contributed by atoms with van der Waals surface area (Å²) in [6, 6.07) is 3.55. The van der Waals surface area contributed by atoms with Gasteiger partial charge < -0.3 is 14.8 Å². The van der Waals surface area contributed by atoms with Crippen molar-refractivity contribution in [1.82, 2.24) is 9.88 Å².